The molecule has 0 atom stereocenters. The number of hydrogen-bond donors (Lipinski definition) is 0. The second kappa shape index (κ2) is 4.70. The molecule has 9 heteroatoms. The van der Waals surface area contributed by atoms with E-state index in [1.807, 2.05) is 0 Å². The lowest BCUT2D eigenvalue weighted by Gasteiger charge is -2.04. The Bertz CT molecular complexity index is 666. The maximum absolute atomic E-state index is 11.9. The fourth-order valence-corrected chi connectivity index (χ4v) is 2.76. The van der Waals surface area contributed by atoms with Crippen LogP contribution in [0.4, 0.5) is 5.69 Å². The zero-order chi connectivity index (χ0) is 13.2. The minimum absolute atomic E-state index is 0.113. The maximum Gasteiger partial charge on any atom is 0.347 e. The molecule has 1 heterocycles. The molecule has 0 saturated carbocycles. The van der Waals surface area contributed by atoms with E-state index in [2.05, 4.69) is 8.56 Å². The first-order valence-corrected chi connectivity index (χ1v) is 6.83. The molecule has 0 amide bonds. The normalized spacial score (nSPS) is 11.1. The van der Waals surface area contributed by atoms with Crippen molar-refractivity contribution in [2.75, 3.05) is 0 Å². The third kappa shape index (κ3) is 2.46. The Hall–Kier alpha value is -2.00. The highest BCUT2D eigenvalue weighted by Crippen LogP contribution is 2.25. The van der Waals surface area contributed by atoms with Gasteiger partial charge in [-0.25, -0.2) is 0 Å². The average Bonchev–Trinajstić information content (AvgIpc) is 2.81. The number of benzene rings is 1. The van der Waals surface area contributed by atoms with Gasteiger partial charge in [-0.1, -0.05) is 12.1 Å². The van der Waals surface area contributed by atoms with E-state index < -0.39 is 25.6 Å². The fourth-order valence-electron chi connectivity index (χ4n) is 1.22. The van der Waals surface area contributed by atoms with E-state index in [9.17, 15) is 18.5 Å². The molecule has 18 heavy (non-hydrogen) atoms. The van der Waals surface area contributed by atoms with E-state index in [1.54, 1.807) is 0 Å². The quantitative estimate of drug-likeness (QED) is 0.483. The van der Waals surface area contributed by atoms with Crippen molar-refractivity contribution in [1.29, 1.82) is 0 Å². The van der Waals surface area contributed by atoms with Gasteiger partial charge in [0.25, 0.3) is 5.69 Å². The van der Waals surface area contributed by atoms with Gasteiger partial charge in [-0.2, -0.15) is 12.8 Å². The summed E-state index contributed by atoms with van der Waals surface area (Å²) in [5, 5.41) is 12.3. The van der Waals surface area contributed by atoms with Gasteiger partial charge < -0.3 is 4.18 Å². The van der Waals surface area contributed by atoms with E-state index >= 15 is 0 Å². The molecule has 0 spiro atoms. The second-order valence-corrected chi connectivity index (χ2v) is 5.28. The van der Waals surface area contributed by atoms with Crippen LogP contribution in [0.2, 0.25) is 0 Å². The molecule has 0 N–H and O–H groups in total. The van der Waals surface area contributed by atoms with E-state index in [4.69, 9.17) is 0 Å². The standard InChI is InChI=1S/C9H6N2O5S2/c12-11(13)7-3-1-2-4-8(7)18(14,15)16-9-5-6-17-10-9/h1-6H. The van der Waals surface area contributed by atoms with Gasteiger partial charge in [0.2, 0.25) is 5.88 Å². The van der Waals surface area contributed by atoms with Crippen LogP contribution >= 0.6 is 11.5 Å². The predicted octanol–water partition coefficient (Wildman–Crippen LogP) is 1.82. The molecule has 0 aliphatic carbocycles. The molecule has 0 unspecified atom stereocenters. The number of nitro groups is 1. The van der Waals surface area contributed by atoms with Gasteiger partial charge in [-0.05, 0) is 17.6 Å². The molecule has 7 nitrogen and oxygen atoms in total. The van der Waals surface area contributed by atoms with Crippen LogP contribution in [0.25, 0.3) is 0 Å². The van der Waals surface area contributed by atoms with Gasteiger partial charge in [0, 0.05) is 17.5 Å². The molecule has 0 radical (unpaired) electrons. The molecule has 1 aromatic heterocycles. The van der Waals surface area contributed by atoms with Crippen LogP contribution in [0.15, 0.2) is 40.6 Å². The number of nitro benzene ring substituents is 1. The highest BCUT2D eigenvalue weighted by molar-refractivity contribution is 7.87. The lowest BCUT2D eigenvalue weighted by molar-refractivity contribution is -0.387. The molecule has 0 fully saturated rings. The maximum atomic E-state index is 11.9. The van der Waals surface area contributed by atoms with Crippen molar-refractivity contribution < 1.29 is 17.5 Å². The second-order valence-electron chi connectivity index (χ2n) is 3.10. The minimum atomic E-state index is -4.26. The van der Waals surface area contributed by atoms with Crippen LogP contribution < -0.4 is 4.18 Å². The zero-order valence-corrected chi connectivity index (χ0v) is 10.3. The third-order valence-corrected chi connectivity index (χ3v) is 3.76. The van der Waals surface area contributed by atoms with Crippen molar-refractivity contribution in [3.63, 3.8) is 0 Å². The monoisotopic (exact) mass is 286 g/mol. The predicted molar refractivity (Wildman–Crippen MR) is 63.0 cm³/mol. The average molecular weight is 286 g/mol. The van der Waals surface area contributed by atoms with Crippen LogP contribution in [0.1, 0.15) is 0 Å². The molecule has 1 aromatic carbocycles. The molecule has 0 aliphatic heterocycles. The number of hydrogen-bond acceptors (Lipinski definition) is 7. The summed E-state index contributed by atoms with van der Waals surface area (Å²) in [5.41, 5.74) is -0.535. The molecule has 94 valence electrons. The van der Waals surface area contributed by atoms with Crippen molar-refractivity contribution in [2.45, 2.75) is 4.90 Å². The lowest BCUT2D eigenvalue weighted by atomic mass is 10.3. The largest absolute Gasteiger partial charge is 0.357 e. The Balaban J connectivity index is 2.45. The molecule has 0 bridgehead atoms. The third-order valence-electron chi connectivity index (χ3n) is 1.94. The number of rotatable bonds is 4. The first-order chi connectivity index (χ1) is 8.50. The number of nitrogens with zero attached hydrogens (tertiary/aromatic N) is 2. The summed E-state index contributed by atoms with van der Waals surface area (Å²) < 4.78 is 32.1. The fraction of sp³-hybridized carbons (Fsp3) is 0. The molecule has 2 rings (SSSR count). The topological polar surface area (TPSA) is 99.4 Å². The van der Waals surface area contributed by atoms with Crippen molar-refractivity contribution in [3.05, 3.63) is 45.8 Å². The summed E-state index contributed by atoms with van der Waals surface area (Å²) in [6.45, 7) is 0. The van der Waals surface area contributed by atoms with Crippen molar-refractivity contribution in [2.24, 2.45) is 0 Å². The van der Waals surface area contributed by atoms with Crippen LogP contribution in [0.3, 0.4) is 0 Å². The summed E-state index contributed by atoms with van der Waals surface area (Å²) in [7, 11) is -4.26. The van der Waals surface area contributed by atoms with Gasteiger partial charge in [-0.3, -0.25) is 10.1 Å². The summed E-state index contributed by atoms with van der Waals surface area (Å²) in [6.07, 6.45) is 0. The number of aromatic nitrogens is 1. The first kappa shape index (κ1) is 12.5. The van der Waals surface area contributed by atoms with E-state index in [-0.39, 0.29) is 5.88 Å². The van der Waals surface area contributed by atoms with Crippen LogP contribution in [0, 0.1) is 10.1 Å². The van der Waals surface area contributed by atoms with E-state index in [0.29, 0.717) is 0 Å². The molecule has 0 saturated heterocycles. The van der Waals surface area contributed by atoms with Crippen molar-refractivity contribution >= 4 is 27.3 Å². The SMILES string of the molecule is O=[N+]([O-])c1ccccc1S(=O)(=O)Oc1ccsn1. The van der Waals surface area contributed by atoms with Crippen LogP contribution in [-0.2, 0) is 10.1 Å². The molecular weight excluding hydrogens is 280 g/mol. The summed E-state index contributed by atoms with van der Waals surface area (Å²) in [6, 6.07) is 6.32. The van der Waals surface area contributed by atoms with Crippen LogP contribution in [-0.4, -0.2) is 17.7 Å². The van der Waals surface area contributed by atoms with Crippen molar-refractivity contribution in [1.82, 2.24) is 4.37 Å². The Kier molecular flexibility index (Phi) is 3.26. The number of para-hydroxylation sites is 1. The van der Waals surface area contributed by atoms with Crippen molar-refractivity contribution in [3.8, 4) is 5.88 Å². The van der Waals surface area contributed by atoms with Crippen LogP contribution in [0.5, 0.6) is 5.88 Å². The van der Waals surface area contributed by atoms with Gasteiger partial charge in [0.05, 0.1) is 4.92 Å². The van der Waals surface area contributed by atoms with E-state index in [1.165, 1.54) is 23.6 Å². The highest BCUT2D eigenvalue weighted by Gasteiger charge is 2.27. The Morgan fingerprint density at radius 3 is 2.61 bits per heavy atom. The summed E-state index contributed by atoms with van der Waals surface area (Å²) >= 11 is 1.01. The minimum Gasteiger partial charge on any atom is -0.357 e. The first-order valence-electron chi connectivity index (χ1n) is 4.59. The Morgan fingerprint density at radius 1 is 1.28 bits per heavy atom. The molecule has 0 aliphatic rings. The molecular formula is C9H6N2O5S2. The van der Waals surface area contributed by atoms with E-state index in [0.717, 1.165) is 23.7 Å². The summed E-state index contributed by atoms with van der Waals surface area (Å²) in [4.78, 5) is 9.47. The summed E-state index contributed by atoms with van der Waals surface area (Å²) in [5.74, 6) is -0.113. The smallest absolute Gasteiger partial charge is 0.347 e. The Labute approximate surface area is 106 Å². The van der Waals surface area contributed by atoms with Gasteiger partial charge in [0.1, 0.15) is 0 Å². The Morgan fingerprint density at radius 2 is 2.00 bits per heavy atom. The van der Waals surface area contributed by atoms with Gasteiger partial charge in [-0.15, -0.1) is 0 Å². The molecule has 2 aromatic rings. The van der Waals surface area contributed by atoms with Gasteiger partial charge in [0.15, 0.2) is 4.90 Å². The lowest BCUT2D eigenvalue weighted by Crippen LogP contribution is -2.11. The highest BCUT2D eigenvalue weighted by atomic mass is 32.2. The zero-order valence-electron chi connectivity index (χ0n) is 8.72. The van der Waals surface area contributed by atoms with Gasteiger partial charge >= 0.3 is 10.1 Å².